The Labute approximate surface area is 190 Å². The van der Waals surface area contributed by atoms with E-state index >= 15 is 0 Å². The number of anilines is 1. The number of nitrogens with zero attached hydrogens (tertiary/aromatic N) is 5. The molecule has 2 aliphatic heterocycles. The highest BCUT2D eigenvalue weighted by Crippen LogP contribution is 2.36. The first-order valence-electron chi connectivity index (χ1n) is 12.4. The number of hydrogen-bond donors (Lipinski definition) is 0. The monoisotopic (exact) mass is 437 g/mol. The second-order valence-corrected chi connectivity index (χ2v) is 9.66. The average Bonchev–Trinajstić information content (AvgIpc) is 3.24. The van der Waals surface area contributed by atoms with Crippen LogP contribution in [0.1, 0.15) is 57.9 Å². The fourth-order valence-corrected chi connectivity index (χ4v) is 5.78. The van der Waals surface area contributed by atoms with E-state index in [0.717, 1.165) is 37.4 Å². The minimum atomic E-state index is 0.0858. The van der Waals surface area contributed by atoms with E-state index in [-0.39, 0.29) is 17.7 Å². The molecule has 0 radical (unpaired) electrons. The van der Waals surface area contributed by atoms with E-state index in [1.54, 1.807) is 6.92 Å². The number of para-hydroxylation sites is 2. The van der Waals surface area contributed by atoms with Crippen molar-refractivity contribution in [3.05, 3.63) is 24.3 Å². The molecule has 32 heavy (non-hydrogen) atoms. The first-order chi connectivity index (χ1) is 15.6. The van der Waals surface area contributed by atoms with Crippen molar-refractivity contribution in [3.63, 3.8) is 0 Å². The summed E-state index contributed by atoms with van der Waals surface area (Å²) in [5.41, 5.74) is 2.32. The van der Waals surface area contributed by atoms with Crippen LogP contribution in [-0.2, 0) is 9.59 Å². The standard InChI is InChI=1S/C25H35N5O2/c1-19(31)27-15-17-28(18-16-27)24(32)20-11-13-29(14-12-20)25-26-22-9-5-6-10-23(22)30(25)21-7-3-2-4-8-21/h5-6,9-10,20-21H,2-4,7-8,11-18H2,1H3. The lowest BCUT2D eigenvalue weighted by Crippen LogP contribution is -2.52. The van der Waals surface area contributed by atoms with Crippen LogP contribution >= 0.6 is 0 Å². The van der Waals surface area contributed by atoms with E-state index in [0.29, 0.717) is 32.2 Å². The Balaban J connectivity index is 1.27. The molecule has 5 rings (SSSR count). The van der Waals surface area contributed by atoms with Crippen molar-refractivity contribution >= 4 is 28.8 Å². The summed E-state index contributed by atoms with van der Waals surface area (Å²) in [6, 6.07) is 9.04. The molecule has 2 aromatic rings. The predicted molar refractivity (Wildman–Crippen MR) is 126 cm³/mol. The molecular formula is C25H35N5O2. The highest BCUT2D eigenvalue weighted by molar-refractivity contribution is 5.81. The van der Waals surface area contributed by atoms with Gasteiger partial charge in [-0.1, -0.05) is 31.4 Å². The first kappa shape index (κ1) is 21.3. The fraction of sp³-hybridized carbons (Fsp3) is 0.640. The van der Waals surface area contributed by atoms with E-state index in [1.165, 1.54) is 37.6 Å². The molecule has 1 aromatic carbocycles. The quantitative estimate of drug-likeness (QED) is 0.738. The van der Waals surface area contributed by atoms with E-state index in [2.05, 4.69) is 33.7 Å². The summed E-state index contributed by atoms with van der Waals surface area (Å²) in [5, 5.41) is 0. The third-order valence-corrected chi connectivity index (χ3v) is 7.68. The van der Waals surface area contributed by atoms with E-state index in [4.69, 9.17) is 4.98 Å². The van der Waals surface area contributed by atoms with Gasteiger partial charge in [0.2, 0.25) is 17.8 Å². The summed E-state index contributed by atoms with van der Waals surface area (Å²) in [6.45, 7) is 6.00. The second kappa shape index (κ2) is 9.12. The van der Waals surface area contributed by atoms with Gasteiger partial charge < -0.3 is 19.3 Å². The lowest BCUT2D eigenvalue weighted by Gasteiger charge is -2.39. The highest BCUT2D eigenvalue weighted by Gasteiger charge is 2.33. The van der Waals surface area contributed by atoms with Crippen molar-refractivity contribution in [2.75, 3.05) is 44.2 Å². The third-order valence-electron chi connectivity index (χ3n) is 7.68. The van der Waals surface area contributed by atoms with E-state index in [1.807, 2.05) is 9.80 Å². The Morgan fingerprint density at radius 1 is 0.844 bits per heavy atom. The van der Waals surface area contributed by atoms with Crippen LogP contribution in [-0.4, -0.2) is 70.4 Å². The minimum Gasteiger partial charge on any atom is -0.342 e. The molecule has 0 unspecified atom stereocenters. The van der Waals surface area contributed by atoms with Crippen molar-refractivity contribution in [2.24, 2.45) is 5.92 Å². The number of benzene rings is 1. The molecule has 7 heteroatoms. The minimum absolute atomic E-state index is 0.0858. The maximum Gasteiger partial charge on any atom is 0.225 e. The maximum absolute atomic E-state index is 13.1. The predicted octanol–water partition coefficient (Wildman–Crippen LogP) is 3.45. The molecule has 3 fully saturated rings. The van der Waals surface area contributed by atoms with Gasteiger partial charge >= 0.3 is 0 Å². The van der Waals surface area contributed by atoms with Crippen molar-refractivity contribution in [2.45, 2.75) is 57.9 Å². The molecule has 7 nitrogen and oxygen atoms in total. The molecule has 2 saturated heterocycles. The fourth-order valence-electron chi connectivity index (χ4n) is 5.78. The van der Waals surface area contributed by atoms with Crippen molar-refractivity contribution < 1.29 is 9.59 Å². The molecule has 3 aliphatic rings. The van der Waals surface area contributed by atoms with Crippen LogP contribution in [0.5, 0.6) is 0 Å². The summed E-state index contributed by atoms with van der Waals surface area (Å²) in [6.07, 6.45) is 8.14. The number of fused-ring (bicyclic) bond motifs is 1. The highest BCUT2D eigenvalue weighted by atomic mass is 16.2. The number of carbonyl (C=O) groups is 2. The molecule has 2 amide bonds. The van der Waals surface area contributed by atoms with Crippen LogP contribution in [0.3, 0.4) is 0 Å². The average molecular weight is 438 g/mol. The van der Waals surface area contributed by atoms with Crippen LogP contribution in [0.15, 0.2) is 24.3 Å². The molecule has 0 bridgehead atoms. The molecule has 3 heterocycles. The molecule has 0 N–H and O–H groups in total. The van der Waals surface area contributed by atoms with Gasteiger partial charge in [0.1, 0.15) is 0 Å². The summed E-state index contributed by atoms with van der Waals surface area (Å²) in [7, 11) is 0. The van der Waals surface area contributed by atoms with Crippen molar-refractivity contribution in [3.8, 4) is 0 Å². The Morgan fingerprint density at radius 3 is 2.19 bits per heavy atom. The molecule has 1 aromatic heterocycles. The Hall–Kier alpha value is -2.57. The zero-order valence-electron chi connectivity index (χ0n) is 19.2. The van der Waals surface area contributed by atoms with Crippen LogP contribution in [0.25, 0.3) is 11.0 Å². The number of aromatic nitrogens is 2. The summed E-state index contributed by atoms with van der Waals surface area (Å²) in [4.78, 5) is 35.9. The lowest BCUT2D eigenvalue weighted by molar-refractivity contribution is -0.141. The number of piperidine rings is 1. The van der Waals surface area contributed by atoms with Gasteiger partial charge in [0, 0.05) is 58.2 Å². The maximum atomic E-state index is 13.1. The number of rotatable bonds is 3. The Bertz CT molecular complexity index is 964. The van der Waals surface area contributed by atoms with Crippen molar-refractivity contribution in [1.82, 2.24) is 19.4 Å². The van der Waals surface area contributed by atoms with Gasteiger partial charge in [-0.15, -0.1) is 0 Å². The van der Waals surface area contributed by atoms with Gasteiger partial charge in [0.05, 0.1) is 11.0 Å². The summed E-state index contributed by atoms with van der Waals surface area (Å²) < 4.78 is 2.50. The Kier molecular flexibility index (Phi) is 6.07. The van der Waals surface area contributed by atoms with Gasteiger partial charge in [-0.2, -0.15) is 0 Å². The molecular weight excluding hydrogens is 402 g/mol. The molecule has 172 valence electrons. The van der Waals surface area contributed by atoms with Gasteiger partial charge in [0.25, 0.3) is 0 Å². The van der Waals surface area contributed by atoms with Gasteiger partial charge in [0.15, 0.2) is 0 Å². The second-order valence-electron chi connectivity index (χ2n) is 9.66. The number of amides is 2. The third kappa shape index (κ3) is 4.09. The van der Waals surface area contributed by atoms with Crippen LogP contribution in [0.2, 0.25) is 0 Å². The summed E-state index contributed by atoms with van der Waals surface area (Å²) >= 11 is 0. The van der Waals surface area contributed by atoms with Gasteiger partial charge in [-0.05, 0) is 37.8 Å². The normalized spacial score (nSPS) is 21.3. The zero-order valence-corrected chi connectivity index (χ0v) is 19.2. The molecule has 1 saturated carbocycles. The first-order valence-corrected chi connectivity index (χ1v) is 12.4. The van der Waals surface area contributed by atoms with E-state index < -0.39 is 0 Å². The molecule has 0 spiro atoms. The molecule has 0 atom stereocenters. The number of carbonyl (C=O) groups excluding carboxylic acids is 2. The van der Waals surface area contributed by atoms with Crippen molar-refractivity contribution in [1.29, 1.82) is 0 Å². The lowest BCUT2D eigenvalue weighted by atomic mass is 9.94. The zero-order chi connectivity index (χ0) is 22.1. The van der Waals surface area contributed by atoms with Crippen LogP contribution in [0, 0.1) is 5.92 Å². The smallest absolute Gasteiger partial charge is 0.225 e. The number of imidazole rings is 1. The van der Waals surface area contributed by atoms with Crippen LogP contribution in [0.4, 0.5) is 5.95 Å². The number of piperazine rings is 1. The Morgan fingerprint density at radius 2 is 1.50 bits per heavy atom. The largest absolute Gasteiger partial charge is 0.342 e. The topological polar surface area (TPSA) is 61.7 Å². The van der Waals surface area contributed by atoms with Crippen LogP contribution < -0.4 is 4.90 Å². The SMILES string of the molecule is CC(=O)N1CCN(C(=O)C2CCN(c3nc4ccccc4n3C3CCCCC3)CC2)CC1. The van der Waals surface area contributed by atoms with E-state index in [9.17, 15) is 9.59 Å². The van der Waals surface area contributed by atoms with Gasteiger partial charge in [-0.25, -0.2) is 4.98 Å². The van der Waals surface area contributed by atoms with Gasteiger partial charge in [-0.3, -0.25) is 9.59 Å². The number of hydrogen-bond acceptors (Lipinski definition) is 4. The molecule has 1 aliphatic carbocycles. The summed E-state index contributed by atoms with van der Waals surface area (Å²) in [5.74, 6) is 1.56.